The van der Waals surface area contributed by atoms with Gasteiger partial charge in [0, 0.05) is 39.1 Å². The molecule has 42 heavy (non-hydrogen) atoms. The van der Waals surface area contributed by atoms with Crippen LogP contribution in [0.2, 0.25) is 5.02 Å². The van der Waals surface area contributed by atoms with Crippen molar-refractivity contribution in [1.82, 2.24) is 4.98 Å². The van der Waals surface area contributed by atoms with Crippen molar-refractivity contribution < 1.29 is 49.3 Å². The van der Waals surface area contributed by atoms with Crippen LogP contribution in [0.25, 0.3) is 10.9 Å². The van der Waals surface area contributed by atoms with E-state index in [0.29, 0.717) is 23.1 Å². The van der Waals surface area contributed by atoms with Gasteiger partial charge in [-0.2, -0.15) is 23.5 Å². The molecule has 2 atom stereocenters. The largest absolute Gasteiger partial charge is 1.00 e. The van der Waals surface area contributed by atoms with Crippen molar-refractivity contribution in [3.8, 4) is 5.75 Å². The number of fused-ring (bicyclic) bond motifs is 1. The molecular weight excluding hydrogens is 597 g/mol. The van der Waals surface area contributed by atoms with E-state index in [1.807, 2.05) is 73.0 Å². The van der Waals surface area contributed by atoms with Crippen LogP contribution in [0.15, 0.2) is 78.9 Å². The Kier molecular flexibility index (Phi) is 13.6. The second kappa shape index (κ2) is 16.4. The van der Waals surface area contributed by atoms with E-state index in [1.54, 1.807) is 25.6 Å². The number of carboxylic acids is 1. The molecule has 0 aliphatic rings. The first-order chi connectivity index (χ1) is 19.6. The molecule has 0 spiro atoms. The molecule has 4 aromatic rings. The molecule has 216 valence electrons. The molecule has 0 amide bonds. The van der Waals surface area contributed by atoms with Crippen molar-refractivity contribution in [1.29, 1.82) is 0 Å². The fourth-order valence-electron chi connectivity index (χ4n) is 4.76. The Morgan fingerprint density at radius 3 is 2.55 bits per heavy atom. The SMILES string of the molecule is CSCC(CS[C@@H](CCc1ccccc1C(C)(C)O)c1cccc(OCc2ccc3ccc(Cl)cc3n2)c1)C(=O)[O-].[Na+]. The van der Waals surface area contributed by atoms with Crippen LogP contribution in [0.1, 0.15) is 47.9 Å². The van der Waals surface area contributed by atoms with Gasteiger partial charge in [0.15, 0.2) is 0 Å². The number of nitrogens with zero attached hydrogens (tertiary/aromatic N) is 1. The number of hydrogen-bond donors (Lipinski definition) is 1. The number of aromatic nitrogens is 1. The average Bonchev–Trinajstić information content (AvgIpc) is 2.95. The van der Waals surface area contributed by atoms with E-state index in [2.05, 4.69) is 17.1 Å². The molecule has 0 aliphatic carbocycles. The molecule has 3 aromatic carbocycles. The van der Waals surface area contributed by atoms with Gasteiger partial charge in [0.25, 0.3) is 0 Å². The number of benzene rings is 3. The average molecular weight is 632 g/mol. The maximum atomic E-state index is 11.7. The third-order valence-corrected chi connectivity index (χ3v) is 9.36. The van der Waals surface area contributed by atoms with Crippen LogP contribution in [-0.2, 0) is 23.4 Å². The van der Waals surface area contributed by atoms with Crippen LogP contribution in [-0.4, -0.2) is 33.8 Å². The Bertz CT molecular complexity index is 1480. The molecular formula is C33H35ClNNaO4S2. The first-order valence-corrected chi connectivity index (χ1v) is 16.4. The Morgan fingerprint density at radius 2 is 1.81 bits per heavy atom. The molecule has 0 aliphatic heterocycles. The van der Waals surface area contributed by atoms with Gasteiger partial charge in [0.1, 0.15) is 12.4 Å². The van der Waals surface area contributed by atoms with Crippen LogP contribution in [0.4, 0.5) is 0 Å². The van der Waals surface area contributed by atoms with Gasteiger partial charge in [0.05, 0.1) is 16.8 Å². The van der Waals surface area contributed by atoms with Gasteiger partial charge in [-0.3, -0.25) is 0 Å². The third-order valence-electron chi connectivity index (χ3n) is 6.88. The number of halogens is 1. The predicted octanol–water partition coefficient (Wildman–Crippen LogP) is 3.83. The molecule has 0 fully saturated rings. The molecule has 0 saturated carbocycles. The van der Waals surface area contributed by atoms with E-state index >= 15 is 0 Å². The maximum Gasteiger partial charge on any atom is 1.00 e. The number of rotatable bonds is 14. The summed E-state index contributed by atoms with van der Waals surface area (Å²) in [5.74, 6) is 0.137. The van der Waals surface area contributed by atoms with Crippen LogP contribution >= 0.6 is 35.1 Å². The second-order valence-electron chi connectivity index (χ2n) is 10.5. The summed E-state index contributed by atoms with van der Waals surface area (Å²) >= 11 is 9.29. The molecule has 4 rings (SSSR count). The van der Waals surface area contributed by atoms with Gasteiger partial charge in [-0.05, 0) is 80.0 Å². The number of thioether (sulfide) groups is 2. The van der Waals surface area contributed by atoms with Crippen LogP contribution < -0.4 is 39.4 Å². The summed E-state index contributed by atoms with van der Waals surface area (Å²) in [6, 6.07) is 25.5. The summed E-state index contributed by atoms with van der Waals surface area (Å²) in [5, 5.41) is 24.1. The van der Waals surface area contributed by atoms with Crippen molar-refractivity contribution in [2.24, 2.45) is 5.92 Å². The van der Waals surface area contributed by atoms with Crippen molar-refractivity contribution in [2.45, 2.75) is 44.1 Å². The molecule has 9 heteroatoms. The van der Waals surface area contributed by atoms with E-state index in [1.165, 1.54) is 11.8 Å². The van der Waals surface area contributed by atoms with Gasteiger partial charge in [-0.25, -0.2) is 4.98 Å². The van der Waals surface area contributed by atoms with Crippen molar-refractivity contribution >= 4 is 52.0 Å². The van der Waals surface area contributed by atoms with Gasteiger partial charge >= 0.3 is 29.6 Å². The molecule has 0 bridgehead atoms. The number of aryl methyl sites for hydroxylation is 1. The maximum absolute atomic E-state index is 11.7. The van der Waals surface area contributed by atoms with Crippen LogP contribution in [0.5, 0.6) is 5.75 Å². The fourth-order valence-corrected chi connectivity index (χ4v) is 7.07. The summed E-state index contributed by atoms with van der Waals surface area (Å²) < 4.78 is 6.15. The topological polar surface area (TPSA) is 82.5 Å². The van der Waals surface area contributed by atoms with Crippen molar-refractivity contribution in [3.05, 3.63) is 106 Å². The smallest absolute Gasteiger partial charge is 0.550 e. The number of aliphatic hydroxyl groups is 1. The summed E-state index contributed by atoms with van der Waals surface area (Å²) in [7, 11) is 0. The normalized spacial score (nSPS) is 12.9. The van der Waals surface area contributed by atoms with Crippen LogP contribution in [0.3, 0.4) is 0 Å². The summed E-state index contributed by atoms with van der Waals surface area (Å²) in [5.41, 5.74) is 3.72. The molecule has 0 radical (unpaired) electrons. The predicted molar refractivity (Wildman–Crippen MR) is 170 cm³/mol. The molecule has 1 N–H and O–H groups in total. The zero-order valence-corrected chi connectivity index (χ0v) is 28.9. The summed E-state index contributed by atoms with van der Waals surface area (Å²) in [6.45, 7) is 3.90. The van der Waals surface area contributed by atoms with E-state index < -0.39 is 17.5 Å². The van der Waals surface area contributed by atoms with Crippen LogP contribution in [0, 0.1) is 5.92 Å². The molecule has 0 saturated heterocycles. The number of aliphatic carboxylic acids is 1. The Morgan fingerprint density at radius 1 is 1.05 bits per heavy atom. The van der Waals surface area contributed by atoms with Crippen molar-refractivity contribution in [3.63, 3.8) is 0 Å². The number of carbonyl (C=O) groups excluding carboxylic acids is 1. The summed E-state index contributed by atoms with van der Waals surface area (Å²) in [4.78, 5) is 16.4. The number of carbonyl (C=O) groups is 1. The number of carboxylic acid groups (broad SMARTS) is 1. The van der Waals surface area contributed by atoms with Gasteiger partial charge in [-0.15, -0.1) is 0 Å². The third kappa shape index (κ3) is 9.91. The Hall–Kier alpha value is -1.71. The quantitative estimate of drug-likeness (QED) is 0.212. The minimum Gasteiger partial charge on any atom is -0.550 e. The summed E-state index contributed by atoms with van der Waals surface area (Å²) in [6.07, 6.45) is 3.42. The standard InChI is InChI=1S/C33H36ClNO4S2.Na/c1-33(2,38)29-10-5-4-7-22(29)13-16-31(41-21-25(20-40-3)32(36)37)24-8-6-9-28(17-24)39-19-27-15-12-23-11-14-26(34)18-30(23)35-27;/h4-12,14-15,17-18,25,31,38H,13,16,19-21H2,1-3H3,(H,36,37);/q;+1/p-1/t25?,31-;/m0./s1. The van der Waals surface area contributed by atoms with E-state index in [-0.39, 0.29) is 34.8 Å². The van der Waals surface area contributed by atoms with Gasteiger partial charge in [0.2, 0.25) is 0 Å². The first-order valence-electron chi connectivity index (χ1n) is 13.5. The number of pyridine rings is 1. The van der Waals surface area contributed by atoms with E-state index in [4.69, 9.17) is 16.3 Å². The Labute approximate surface area is 284 Å². The zero-order valence-electron chi connectivity index (χ0n) is 24.5. The monoisotopic (exact) mass is 631 g/mol. The van der Waals surface area contributed by atoms with E-state index in [9.17, 15) is 15.0 Å². The zero-order chi connectivity index (χ0) is 29.4. The molecule has 5 nitrogen and oxygen atoms in total. The number of hydrogen-bond acceptors (Lipinski definition) is 7. The van der Waals surface area contributed by atoms with Gasteiger partial charge in [-0.1, -0.05) is 60.1 Å². The molecule has 1 unspecified atom stereocenters. The van der Waals surface area contributed by atoms with E-state index in [0.717, 1.165) is 51.9 Å². The molecule has 1 heterocycles. The first kappa shape index (κ1) is 34.8. The Balaban J connectivity index is 0.00000484. The van der Waals surface area contributed by atoms with Gasteiger partial charge < -0.3 is 19.7 Å². The van der Waals surface area contributed by atoms with Crippen molar-refractivity contribution in [2.75, 3.05) is 17.8 Å². The second-order valence-corrected chi connectivity index (χ2v) is 13.1. The molecule has 1 aromatic heterocycles. The number of ether oxygens (including phenoxy) is 1. The fraction of sp³-hybridized carbons (Fsp3) is 0.333. The minimum atomic E-state index is -1.01. The minimum absolute atomic E-state index is 0.